The van der Waals surface area contributed by atoms with Crippen LogP contribution in [0.2, 0.25) is 5.02 Å². The van der Waals surface area contributed by atoms with Crippen molar-refractivity contribution >= 4 is 50.5 Å². The van der Waals surface area contributed by atoms with Crippen molar-refractivity contribution in [2.45, 2.75) is 6.92 Å². The van der Waals surface area contributed by atoms with Gasteiger partial charge >= 0.3 is 0 Å². The van der Waals surface area contributed by atoms with E-state index < -0.39 is 17.5 Å². The Hall–Kier alpha value is -0.980. The summed E-state index contributed by atoms with van der Waals surface area (Å²) >= 11 is 9.95. The molecule has 0 bridgehead atoms. The van der Waals surface area contributed by atoms with Crippen LogP contribution in [0.4, 0.5) is 14.5 Å². The maximum atomic E-state index is 13.6. The lowest BCUT2D eigenvalue weighted by Crippen LogP contribution is -2.12. The predicted octanol–water partition coefficient (Wildman–Crippen LogP) is 5.00. The Labute approximate surface area is 125 Å². The number of nitrogens with one attached hydrogen (secondary N) is 1. The van der Waals surface area contributed by atoms with Gasteiger partial charge in [-0.1, -0.05) is 11.6 Å². The normalized spacial score (nSPS) is 10.6. The van der Waals surface area contributed by atoms with Crippen LogP contribution in [0.1, 0.15) is 15.2 Å². The second-order valence-corrected chi connectivity index (χ2v) is 5.87. The predicted molar refractivity (Wildman–Crippen MR) is 76.1 cm³/mol. The van der Waals surface area contributed by atoms with Gasteiger partial charge in [0.05, 0.1) is 15.2 Å². The smallest absolute Gasteiger partial charge is 0.267 e. The van der Waals surface area contributed by atoms with Gasteiger partial charge in [0.1, 0.15) is 16.5 Å². The van der Waals surface area contributed by atoms with Crippen LogP contribution >= 0.6 is 38.9 Å². The van der Waals surface area contributed by atoms with Crippen LogP contribution in [-0.2, 0) is 0 Å². The number of hydrogen-bond acceptors (Lipinski definition) is 2. The standard InChI is InChI=1S/C12H7BrClF2NOS/c1-5-4-19-11(10(5)14)12(18)17-9-3-7(15)6(13)2-8(9)16/h2-4H,1H3,(H,17,18). The van der Waals surface area contributed by atoms with Crippen molar-refractivity contribution < 1.29 is 13.6 Å². The lowest BCUT2D eigenvalue weighted by molar-refractivity contribution is 0.103. The zero-order chi connectivity index (χ0) is 14.2. The SMILES string of the molecule is Cc1csc(C(=O)Nc2cc(F)c(Br)cc2F)c1Cl. The summed E-state index contributed by atoms with van der Waals surface area (Å²) < 4.78 is 26.9. The van der Waals surface area contributed by atoms with Crippen molar-refractivity contribution in [2.24, 2.45) is 0 Å². The molecular formula is C12H7BrClF2NOS. The Bertz CT molecular complexity index is 659. The molecule has 0 atom stereocenters. The summed E-state index contributed by atoms with van der Waals surface area (Å²) in [6.45, 7) is 1.76. The number of rotatable bonds is 2. The number of anilines is 1. The van der Waals surface area contributed by atoms with Gasteiger partial charge in [0.25, 0.3) is 5.91 Å². The van der Waals surface area contributed by atoms with Gasteiger partial charge in [-0.05, 0) is 39.9 Å². The molecule has 1 N–H and O–H groups in total. The first-order chi connectivity index (χ1) is 8.90. The molecule has 0 saturated carbocycles. The average molecular weight is 367 g/mol. The number of carbonyl (C=O) groups excluding carboxylic acids is 1. The molecule has 0 unspecified atom stereocenters. The third kappa shape index (κ3) is 2.96. The molecular weight excluding hydrogens is 360 g/mol. The zero-order valence-electron chi connectivity index (χ0n) is 9.56. The molecule has 2 aromatic rings. The molecule has 1 aromatic carbocycles. The van der Waals surface area contributed by atoms with Gasteiger partial charge in [-0.2, -0.15) is 0 Å². The highest BCUT2D eigenvalue weighted by Gasteiger charge is 2.17. The first kappa shape index (κ1) is 14.4. The third-order valence-corrected chi connectivity index (χ3v) is 4.67. The van der Waals surface area contributed by atoms with Crippen molar-refractivity contribution in [3.8, 4) is 0 Å². The van der Waals surface area contributed by atoms with E-state index in [2.05, 4.69) is 21.2 Å². The molecule has 1 amide bonds. The van der Waals surface area contributed by atoms with E-state index in [-0.39, 0.29) is 15.0 Å². The number of carbonyl (C=O) groups is 1. The maximum Gasteiger partial charge on any atom is 0.267 e. The summed E-state index contributed by atoms with van der Waals surface area (Å²) in [6, 6.07) is 1.86. The summed E-state index contributed by atoms with van der Waals surface area (Å²) in [7, 11) is 0. The molecule has 100 valence electrons. The fourth-order valence-corrected chi connectivity index (χ4v) is 2.87. The van der Waals surface area contributed by atoms with Gasteiger partial charge in [0.2, 0.25) is 0 Å². The Morgan fingerprint density at radius 2 is 2.05 bits per heavy atom. The highest BCUT2D eigenvalue weighted by Crippen LogP contribution is 2.29. The maximum absolute atomic E-state index is 13.6. The van der Waals surface area contributed by atoms with Crippen LogP contribution in [0.3, 0.4) is 0 Å². The average Bonchev–Trinajstić information content (AvgIpc) is 2.67. The highest BCUT2D eigenvalue weighted by atomic mass is 79.9. The monoisotopic (exact) mass is 365 g/mol. The topological polar surface area (TPSA) is 29.1 Å². The number of halogens is 4. The number of hydrogen-bond donors (Lipinski definition) is 1. The molecule has 19 heavy (non-hydrogen) atoms. The molecule has 7 heteroatoms. The van der Waals surface area contributed by atoms with Gasteiger partial charge in [-0.25, -0.2) is 8.78 Å². The van der Waals surface area contributed by atoms with Crippen molar-refractivity contribution in [1.82, 2.24) is 0 Å². The molecule has 0 saturated heterocycles. The molecule has 0 radical (unpaired) electrons. The fraction of sp³-hybridized carbons (Fsp3) is 0.0833. The largest absolute Gasteiger partial charge is 0.319 e. The summed E-state index contributed by atoms with van der Waals surface area (Å²) in [6.07, 6.45) is 0. The van der Waals surface area contributed by atoms with E-state index in [0.717, 1.165) is 29.0 Å². The zero-order valence-corrected chi connectivity index (χ0v) is 12.7. The van der Waals surface area contributed by atoms with E-state index in [1.54, 1.807) is 12.3 Å². The van der Waals surface area contributed by atoms with E-state index in [4.69, 9.17) is 11.6 Å². The Kier molecular flexibility index (Phi) is 4.23. The lowest BCUT2D eigenvalue weighted by Gasteiger charge is -2.06. The molecule has 2 rings (SSSR count). The molecule has 0 aliphatic carbocycles. The van der Waals surface area contributed by atoms with Crippen molar-refractivity contribution in [2.75, 3.05) is 5.32 Å². The summed E-state index contributed by atoms with van der Waals surface area (Å²) in [5.74, 6) is -1.96. The van der Waals surface area contributed by atoms with E-state index in [9.17, 15) is 13.6 Å². The molecule has 0 fully saturated rings. The highest BCUT2D eigenvalue weighted by molar-refractivity contribution is 9.10. The molecule has 1 aromatic heterocycles. The molecule has 1 heterocycles. The minimum atomic E-state index is -0.731. The third-order valence-electron chi connectivity index (χ3n) is 2.36. The molecule has 0 aliphatic heterocycles. The van der Waals surface area contributed by atoms with Crippen LogP contribution in [0.25, 0.3) is 0 Å². The van der Waals surface area contributed by atoms with Crippen molar-refractivity contribution in [3.05, 3.63) is 49.1 Å². The van der Waals surface area contributed by atoms with Gasteiger partial charge in [0.15, 0.2) is 0 Å². The fourth-order valence-electron chi connectivity index (χ4n) is 1.38. The minimum Gasteiger partial charge on any atom is -0.319 e. The van der Waals surface area contributed by atoms with Crippen LogP contribution in [0.15, 0.2) is 22.0 Å². The van der Waals surface area contributed by atoms with E-state index in [1.807, 2.05) is 0 Å². The van der Waals surface area contributed by atoms with Crippen LogP contribution < -0.4 is 5.32 Å². The Morgan fingerprint density at radius 3 is 2.63 bits per heavy atom. The van der Waals surface area contributed by atoms with Gasteiger partial charge in [0, 0.05) is 6.07 Å². The summed E-state index contributed by atoms with van der Waals surface area (Å²) in [5, 5.41) is 4.34. The van der Waals surface area contributed by atoms with Gasteiger partial charge in [-0.3, -0.25) is 4.79 Å². The number of amides is 1. The Morgan fingerprint density at radius 1 is 1.37 bits per heavy atom. The minimum absolute atomic E-state index is 0.00648. The second kappa shape index (κ2) is 5.56. The van der Waals surface area contributed by atoms with Crippen LogP contribution in [0.5, 0.6) is 0 Å². The quantitative estimate of drug-likeness (QED) is 0.744. The molecule has 0 aliphatic rings. The number of benzene rings is 1. The first-order valence-corrected chi connectivity index (χ1v) is 7.14. The van der Waals surface area contributed by atoms with E-state index in [1.165, 1.54) is 0 Å². The molecule has 2 nitrogen and oxygen atoms in total. The van der Waals surface area contributed by atoms with Gasteiger partial charge < -0.3 is 5.32 Å². The van der Waals surface area contributed by atoms with E-state index >= 15 is 0 Å². The summed E-state index contributed by atoms with van der Waals surface area (Å²) in [4.78, 5) is 12.2. The number of aryl methyl sites for hydroxylation is 1. The molecule has 0 spiro atoms. The second-order valence-electron chi connectivity index (χ2n) is 3.76. The first-order valence-electron chi connectivity index (χ1n) is 5.09. The van der Waals surface area contributed by atoms with Crippen molar-refractivity contribution in [3.63, 3.8) is 0 Å². The van der Waals surface area contributed by atoms with Gasteiger partial charge in [-0.15, -0.1) is 11.3 Å². The summed E-state index contributed by atoms with van der Waals surface area (Å²) in [5.41, 5.74) is 0.534. The van der Waals surface area contributed by atoms with Crippen molar-refractivity contribution in [1.29, 1.82) is 0 Å². The van der Waals surface area contributed by atoms with E-state index in [0.29, 0.717) is 5.02 Å². The van der Waals surface area contributed by atoms with Crippen LogP contribution in [0, 0.1) is 18.6 Å². The Balaban J connectivity index is 2.29. The lowest BCUT2D eigenvalue weighted by atomic mass is 10.2. The number of thiophene rings is 1. The van der Waals surface area contributed by atoms with Crippen LogP contribution in [-0.4, -0.2) is 5.91 Å².